The van der Waals surface area contributed by atoms with Crippen LogP contribution in [0.15, 0.2) is 30.3 Å². The lowest BCUT2D eigenvalue weighted by molar-refractivity contribution is -0.121. The molecule has 1 fully saturated rings. The van der Waals surface area contributed by atoms with Crippen molar-refractivity contribution in [1.29, 1.82) is 0 Å². The second kappa shape index (κ2) is 5.93. The highest BCUT2D eigenvalue weighted by Gasteiger charge is 2.44. The number of hydrogen-bond donors (Lipinski definition) is 2. The van der Waals surface area contributed by atoms with Crippen molar-refractivity contribution in [2.24, 2.45) is 0 Å². The van der Waals surface area contributed by atoms with Crippen LogP contribution in [-0.2, 0) is 20.2 Å². The Labute approximate surface area is 119 Å². The fourth-order valence-corrected chi connectivity index (χ4v) is 2.69. The number of nitrogens with one attached hydrogen (secondary N) is 2. The molecule has 1 amide bonds. The largest absolute Gasteiger partial charge is 0.355 e. The van der Waals surface area contributed by atoms with Gasteiger partial charge in [-0.05, 0) is 18.4 Å². The summed E-state index contributed by atoms with van der Waals surface area (Å²) < 4.78 is 24.1. The Bertz CT molecular complexity index is 565. The van der Waals surface area contributed by atoms with Gasteiger partial charge in [-0.2, -0.15) is 0 Å². The highest BCUT2D eigenvalue weighted by atomic mass is 32.2. The molecule has 1 aromatic carbocycles. The second-order valence-electron chi connectivity index (χ2n) is 5.34. The molecule has 0 aliphatic heterocycles. The molecule has 0 radical (unpaired) electrons. The lowest BCUT2D eigenvalue weighted by Crippen LogP contribution is -2.34. The van der Waals surface area contributed by atoms with E-state index in [9.17, 15) is 13.2 Å². The van der Waals surface area contributed by atoms with Gasteiger partial charge in [0.05, 0.1) is 6.26 Å². The van der Waals surface area contributed by atoms with E-state index in [2.05, 4.69) is 22.2 Å². The van der Waals surface area contributed by atoms with Crippen LogP contribution in [-0.4, -0.2) is 33.7 Å². The van der Waals surface area contributed by atoms with Crippen molar-refractivity contribution in [3.63, 3.8) is 0 Å². The number of hydrogen-bond acceptors (Lipinski definition) is 3. The van der Waals surface area contributed by atoms with Crippen molar-refractivity contribution in [2.75, 3.05) is 19.3 Å². The van der Waals surface area contributed by atoms with Crippen LogP contribution in [0.4, 0.5) is 0 Å². The summed E-state index contributed by atoms with van der Waals surface area (Å²) in [5, 5.41) is 2.90. The van der Waals surface area contributed by atoms with Crippen molar-refractivity contribution >= 4 is 15.9 Å². The topological polar surface area (TPSA) is 75.3 Å². The first-order valence-corrected chi connectivity index (χ1v) is 8.57. The molecule has 5 nitrogen and oxygen atoms in total. The van der Waals surface area contributed by atoms with Crippen LogP contribution in [0.25, 0.3) is 0 Å². The number of amides is 1. The first-order chi connectivity index (χ1) is 9.41. The molecule has 1 aliphatic carbocycles. The molecular weight excluding hydrogens is 276 g/mol. The zero-order valence-electron chi connectivity index (χ0n) is 11.6. The highest BCUT2D eigenvalue weighted by Crippen LogP contribution is 2.47. The minimum atomic E-state index is -3.22. The normalized spacial score (nSPS) is 16.6. The lowest BCUT2D eigenvalue weighted by Gasteiger charge is -2.16. The summed E-state index contributed by atoms with van der Waals surface area (Å²) in [6, 6.07) is 10.2. The molecule has 2 N–H and O–H groups in total. The van der Waals surface area contributed by atoms with E-state index < -0.39 is 10.0 Å². The third-order valence-corrected chi connectivity index (χ3v) is 4.31. The van der Waals surface area contributed by atoms with Gasteiger partial charge in [0.2, 0.25) is 15.9 Å². The van der Waals surface area contributed by atoms with Crippen molar-refractivity contribution < 1.29 is 13.2 Å². The van der Waals surface area contributed by atoms with Crippen LogP contribution in [0.2, 0.25) is 0 Å². The quantitative estimate of drug-likeness (QED) is 0.780. The summed E-state index contributed by atoms with van der Waals surface area (Å²) in [6.45, 7) is 0.762. The van der Waals surface area contributed by atoms with Gasteiger partial charge in [0.1, 0.15) is 0 Å². The minimum absolute atomic E-state index is 0.0845. The Morgan fingerprint density at radius 3 is 2.45 bits per heavy atom. The average molecular weight is 296 g/mol. The molecule has 0 spiro atoms. The summed E-state index contributed by atoms with van der Waals surface area (Å²) in [6.07, 6.45) is 3.41. The molecule has 0 heterocycles. The molecule has 20 heavy (non-hydrogen) atoms. The van der Waals surface area contributed by atoms with Gasteiger partial charge in [-0.1, -0.05) is 30.3 Å². The Morgan fingerprint density at radius 2 is 1.90 bits per heavy atom. The number of rotatable bonds is 7. The third kappa shape index (κ3) is 4.31. The molecule has 0 unspecified atom stereocenters. The molecule has 0 saturated heterocycles. The number of carbonyl (C=O) groups is 1. The van der Waals surface area contributed by atoms with Crippen molar-refractivity contribution in [2.45, 2.75) is 24.7 Å². The van der Waals surface area contributed by atoms with Crippen LogP contribution >= 0.6 is 0 Å². The molecule has 6 heteroatoms. The van der Waals surface area contributed by atoms with Crippen LogP contribution in [0.5, 0.6) is 0 Å². The predicted octanol–water partition coefficient (Wildman–Crippen LogP) is 0.774. The van der Waals surface area contributed by atoms with E-state index in [1.807, 2.05) is 18.2 Å². The summed E-state index contributed by atoms with van der Waals surface area (Å²) in [4.78, 5) is 11.7. The number of sulfonamides is 1. The lowest BCUT2D eigenvalue weighted by atomic mass is 9.96. The van der Waals surface area contributed by atoms with Crippen LogP contribution in [0, 0.1) is 0 Å². The SMILES string of the molecule is CS(=O)(=O)NCCC(=O)NCC1(c2ccccc2)CC1. The molecule has 110 valence electrons. The van der Waals surface area contributed by atoms with Gasteiger partial charge in [-0.15, -0.1) is 0 Å². The maximum Gasteiger partial charge on any atom is 0.221 e. The fourth-order valence-electron chi connectivity index (χ4n) is 2.22. The zero-order valence-corrected chi connectivity index (χ0v) is 12.4. The van der Waals surface area contributed by atoms with Gasteiger partial charge in [0.15, 0.2) is 0 Å². The van der Waals surface area contributed by atoms with Crippen LogP contribution in [0.3, 0.4) is 0 Å². The Kier molecular flexibility index (Phi) is 4.45. The van der Waals surface area contributed by atoms with E-state index in [0.717, 1.165) is 19.1 Å². The van der Waals surface area contributed by atoms with E-state index in [1.165, 1.54) is 5.56 Å². The van der Waals surface area contributed by atoms with Gasteiger partial charge in [-0.3, -0.25) is 4.79 Å². The first kappa shape index (κ1) is 15.0. The number of carbonyl (C=O) groups excluding carboxylic acids is 1. The molecular formula is C14H20N2O3S. The molecule has 2 rings (SSSR count). The van der Waals surface area contributed by atoms with Crippen molar-refractivity contribution in [3.8, 4) is 0 Å². The van der Waals surface area contributed by atoms with E-state index in [4.69, 9.17) is 0 Å². The van der Waals surface area contributed by atoms with Crippen molar-refractivity contribution in [1.82, 2.24) is 10.0 Å². The highest BCUT2D eigenvalue weighted by molar-refractivity contribution is 7.88. The maximum atomic E-state index is 11.7. The molecule has 1 aromatic rings. The maximum absolute atomic E-state index is 11.7. The first-order valence-electron chi connectivity index (χ1n) is 6.68. The monoisotopic (exact) mass is 296 g/mol. The molecule has 0 bridgehead atoms. The summed E-state index contributed by atoms with van der Waals surface area (Å²) in [5.41, 5.74) is 1.34. The minimum Gasteiger partial charge on any atom is -0.355 e. The van der Waals surface area contributed by atoms with Crippen molar-refractivity contribution in [3.05, 3.63) is 35.9 Å². The number of benzene rings is 1. The van der Waals surface area contributed by atoms with Crippen LogP contribution in [0.1, 0.15) is 24.8 Å². The Morgan fingerprint density at radius 1 is 1.25 bits per heavy atom. The Hall–Kier alpha value is -1.40. The summed E-state index contributed by atoms with van der Waals surface area (Å²) >= 11 is 0. The van der Waals surface area contributed by atoms with Gasteiger partial charge in [0.25, 0.3) is 0 Å². The molecule has 1 aliphatic rings. The van der Waals surface area contributed by atoms with E-state index in [0.29, 0.717) is 6.54 Å². The average Bonchev–Trinajstić information content (AvgIpc) is 3.17. The van der Waals surface area contributed by atoms with Gasteiger partial charge >= 0.3 is 0 Å². The molecule has 1 saturated carbocycles. The van der Waals surface area contributed by atoms with E-state index in [-0.39, 0.29) is 24.3 Å². The van der Waals surface area contributed by atoms with Gasteiger partial charge < -0.3 is 5.32 Å². The van der Waals surface area contributed by atoms with E-state index in [1.54, 1.807) is 0 Å². The zero-order chi connectivity index (χ0) is 14.6. The molecule has 0 aromatic heterocycles. The fraction of sp³-hybridized carbons (Fsp3) is 0.500. The van der Waals surface area contributed by atoms with Crippen LogP contribution < -0.4 is 10.0 Å². The standard InChI is InChI=1S/C14H20N2O3S/c1-20(18,19)16-10-7-13(17)15-11-14(8-9-14)12-5-3-2-4-6-12/h2-6,16H,7-11H2,1H3,(H,15,17). The summed E-state index contributed by atoms with van der Waals surface area (Å²) in [7, 11) is -3.22. The molecule has 0 atom stereocenters. The van der Waals surface area contributed by atoms with E-state index >= 15 is 0 Å². The Balaban J connectivity index is 1.77. The third-order valence-electron chi connectivity index (χ3n) is 3.58. The summed E-state index contributed by atoms with van der Waals surface area (Å²) in [5.74, 6) is -0.122. The van der Waals surface area contributed by atoms with Gasteiger partial charge in [0, 0.05) is 24.9 Å². The van der Waals surface area contributed by atoms with Gasteiger partial charge in [-0.25, -0.2) is 13.1 Å². The smallest absolute Gasteiger partial charge is 0.221 e. The predicted molar refractivity (Wildman–Crippen MR) is 77.8 cm³/mol. The second-order valence-corrected chi connectivity index (χ2v) is 7.17.